The Balaban J connectivity index is 2.35. The van der Waals surface area contributed by atoms with E-state index in [1.807, 2.05) is 0 Å². The van der Waals surface area contributed by atoms with Gasteiger partial charge < -0.3 is 35.7 Å². The second-order valence-corrected chi connectivity index (χ2v) is 4.94. The molecule has 0 spiro atoms. The largest absolute Gasteiger partial charge is 0.396 e. The molecule has 7 nitrogen and oxygen atoms in total. The lowest BCUT2D eigenvalue weighted by molar-refractivity contribution is -0.181. The van der Waals surface area contributed by atoms with Gasteiger partial charge in [-0.05, 0) is 0 Å². The van der Waals surface area contributed by atoms with E-state index in [2.05, 4.69) is 0 Å². The average Bonchev–Trinajstić information content (AvgIpc) is 2.53. The zero-order valence-corrected chi connectivity index (χ0v) is 9.03. The Labute approximate surface area is 97.6 Å². The molecule has 0 heterocycles. The van der Waals surface area contributed by atoms with Gasteiger partial charge in [0.15, 0.2) is 0 Å². The Morgan fingerprint density at radius 1 is 0.529 bits per heavy atom. The molecule has 100 valence electrons. The lowest BCUT2D eigenvalue weighted by atomic mass is 9.68. The first-order chi connectivity index (χ1) is 7.91. The third kappa shape index (κ3) is 1.70. The molecule has 2 saturated carbocycles. The Morgan fingerprint density at radius 3 is 1.41 bits per heavy atom. The summed E-state index contributed by atoms with van der Waals surface area (Å²) in [6.07, 6.45) is -8.54. The summed E-state index contributed by atoms with van der Waals surface area (Å²) in [6.45, 7) is -0.511. The lowest BCUT2D eigenvalue weighted by Crippen LogP contribution is -2.58. The second kappa shape index (κ2) is 4.43. The molecule has 0 aromatic rings. The van der Waals surface area contributed by atoms with Gasteiger partial charge in [0.05, 0.1) is 24.4 Å². The van der Waals surface area contributed by atoms with Crippen molar-refractivity contribution in [2.75, 3.05) is 6.61 Å². The van der Waals surface area contributed by atoms with Crippen LogP contribution in [0.25, 0.3) is 0 Å². The summed E-state index contributed by atoms with van der Waals surface area (Å²) >= 11 is 0. The van der Waals surface area contributed by atoms with Gasteiger partial charge in [-0.3, -0.25) is 0 Å². The normalized spacial score (nSPS) is 59.1. The fourth-order valence-corrected chi connectivity index (χ4v) is 3.22. The molecule has 0 amide bonds. The van der Waals surface area contributed by atoms with Crippen LogP contribution in [0.1, 0.15) is 0 Å². The minimum atomic E-state index is -1.51. The van der Waals surface area contributed by atoms with Crippen LogP contribution in [0, 0.1) is 17.8 Å². The van der Waals surface area contributed by atoms with E-state index in [0.29, 0.717) is 0 Å². The van der Waals surface area contributed by atoms with Crippen LogP contribution in [0.2, 0.25) is 0 Å². The van der Waals surface area contributed by atoms with Crippen molar-refractivity contribution in [1.29, 1.82) is 0 Å². The third-order valence-corrected chi connectivity index (χ3v) is 4.17. The molecule has 0 aliphatic heterocycles. The van der Waals surface area contributed by atoms with Crippen molar-refractivity contribution >= 4 is 0 Å². The van der Waals surface area contributed by atoms with E-state index in [9.17, 15) is 35.7 Å². The van der Waals surface area contributed by atoms with Gasteiger partial charge in [-0.25, -0.2) is 0 Å². The third-order valence-electron chi connectivity index (χ3n) is 4.17. The molecule has 0 aromatic carbocycles. The van der Waals surface area contributed by atoms with Crippen LogP contribution in [0.5, 0.6) is 0 Å². The molecule has 2 aliphatic carbocycles. The molecule has 2 fully saturated rings. The fourth-order valence-electron chi connectivity index (χ4n) is 3.22. The van der Waals surface area contributed by atoms with E-state index < -0.39 is 61.0 Å². The van der Waals surface area contributed by atoms with E-state index in [0.717, 1.165) is 0 Å². The van der Waals surface area contributed by atoms with Crippen LogP contribution in [0.4, 0.5) is 0 Å². The van der Waals surface area contributed by atoms with Gasteiger partial charge in [0.2, 0.25) is 0 Å². The quantitative estimate of drug-likeness (QED) is 0.251. The monoisotopic (exact) mass is 250 g/mol. The highest BCUT2D eigenvalue weighted by Gasteiger charge is 2.60. The standard InChI is InChI=1S/C10H18O7/c11-1-2-3-4(7(14)9(16)5(2)12)8(15)10(17)6(3)13/h2-17H,1H2/t2-,3-,4-,5-,6+,7+,8-,9-,10+/m0/s1. The first-order valence-electron chi connectivity index (χ1n) is 5.61. The van der Waals surface area contributed by atoms with Gasteiger partial charge >= 0.3 is 0 Å². The van der Waals surface area contributed by atoms with E-state index in [4.69, 9.17) is 0 Å². The van der Waals surface area contributed by atoms with Gasteiger partial charge in [0, 0.05) is 24.4 Å². The molecule has 17 heavy (non-hydrogen) atoms. The molecule has 0 radical (unpaired) electrons. The minimum absolute atomic E-state index is 0.511. The van der Waals surface area contributed by atoms with Gasteiger partial charge in [-0.2, -0.15) is 0 Å². The molecule has 0 unspecified atom stereocenters. The molecular formula is C10H18O7. The SMILES string of the molecule is OC[C@@H]1[C@H](O)[C@H](O)[C@H](O)[C@H]2[C@H](O)[C@H](O)[C@H](O)[C@@H]12. The lowest BCUT2D eigenvalue weighted by Gasteiger charge is -2.44. The maximum atomic E-state index is 9.76. The molecule has 7 heteroatoms. The van der Waals surface area contributed by atoms with Crippen LogP contribution < -0.4 is 0 Å². The Hall–Kier alpha value is -0.280. The minimum Gasteiger partial charge on any atom is -0.396 e. The summed E-state index contributed by atoms with van der Waals surface area (Å²) < 4.78 is 0. The number of aliphatic hydroxyl groups excluding tert-OH is 7. The zero-order valence-electron chi connectivity index (χ0n) is 9.03. The smallest absolute Gasteiger partial charge is 0.106 e. The van der Waals surface area contributed by atoms with Gasteiger partial charge in [-0.1, -0.05) is 0 Å². The Morgan fingerprint density at radius 2 is 0.941 bits per heavy atom. The van der Waals surface area contributed by atoms with Crippen molar-refractivity contribution < 1.29 is 35.7 Å². The molecule has 7 N–H and O–H groups in total. The average molecular weight is 250 g/mol. The number of hydrogen-bond donors (Lipinski definition) is 7. The zero-order chi connectivity index (χ0) is 12.9. The Kier molecular flexibility index (Phi) is 3.43. The van der Waals surface area contributed by atoms with Crippen molar-refractivity contribution in [3.8, 4) is 0 Å². The van der Waals surface area contributed by atoms with E-state index >= 15 is 0 Å². The molecule has 9 atom stereocenters. The summed E-state index contributed by atoms with van der Waals surface area (Å²) in [5, 5.41) is 67.3. The number of aliphatic hydroxyl groups is 7. The number of hydrogen-bond acceptors (Lipinski definition) is 7. The predicted octanol–water partition coefficient (Wildman–Crippen LogP) is -3.98. The van der Waals surface area contributed by atoms with Gasteiger partial charge in [0.1, 0.15) is 12.2 Å². The van der Waals surface area contributed by atoms with E-state index in [-0.39, 0.29) is 0 Å². The van der Waals surface area contributed by atoms with Crippen molar-refractivity contribution in [2.24, 2.45) is 17.8 Å². The first-order valence-corrected chi connectivity index (χ1v) is 5.61. The topological polar surface area (TPSA) is 142 Å². The van der Waals surface area contributed by atoms with Crippen LogP contribution >= 0.6 is 0 Å². The predicted molar refractivity (Wildman–Crippen MR) is 53.6 cm³/mol. The van der Waals surface area contributed by atoms with Crippen molar-refractivity contribution in [3.05, 3.63) is 0 Å². The van der Waals surface area contributed by atoms with Crippen LogP contribution in [-0.2, 0) is 0 Å². The highest BCUT2D eigenvalue weighted by atomic mass is 16.4. The molecule has 0 bridgehead atoms. The summed E-state index contributed by atoms with van der Waals surface area (Å²) in [6, 6.07) is 0. The molecule has 2 rings (SSSR count). The van der Waals surface area contributed by atoms with Crippen LogP contribution in [-0.4, -0.2) is 79.0 Å². The number of fused-ring (bicyclic) bond motifs is 1. The number of rotatable bonds is 1. The first kappa shape index (κ1) is 13.2. The van der Waals surface area contributed by atoms with E-state index in [1.165, 1.54) is 0 Å². The highest BCUT2D eigenvalue weighted by molar-refractivity contribution is 5.09. The summed E-state index contributed by atoms with van der Waals surface area (Å²) in [7, 11) is 0. The highest BCUT2D eigenvalue weighted by Crippen LogP contribution is 2.46. The summed E-state index contributed by atoms with van der Waals surface area (Å²) in [5.74, 6) is -2.70. The molecule has 2 aliphatic rings. The molecule has 0 aromatic heterocycles. The van der Waals surface area contributed by atoms with Crippen LogP contribution in [0.3, 0.4) is 0 Å². The molecular weight excluding hydrogens is 232 g/mol. The molecule has 0 saturated heterocycles. The second-order valence-electron chi connectivity index (χ2n) is 4.94. The van der Waals surface area contributed by atoms with Gasteiger partial charge in [0.25, 0.3) is 0 Å². The summed E-state index contributed by atoms with van der Waals surface area (Å²) in [4.78, 5) is 0. The van der Waals surface area contributed by atoms with Crippen molar-refractivity contribution in [3.63, 3.8) is 0 Å². The maximum Gasteiger partial charge on any atom is 0.106 e. The maximum absolute atomic E-state index is 9.76. The van der Waals surface area contributed by atoms with Crippen molar-refractivity contribution in [1.82, 2.24) is 0 Å². The van der Waals surface area contributed by atoms with Crippen molar-refractivity contribution in [2.45, 2.75) is 36.6 Å². The van der Waals surface area contributed by atoms with Crippen LogP contribution in [0.15, 0.2) is 0 Å². The van der Waals surface area contributed by atoms with E-state index in [1.54, 1.807) is 0 Å². The Bertz CT molecular complexity index is 286. The fraction of sp³-hybridized carbons (Fsp3) is 1.00. The van der Waals surface area contributed by atoms with Gasteiger partial charge in [-0.15, -0.1) is 0 Å². The summed E-state index contributed by atoms with van der Waals surface area (Å²) in [5.41, 5.74) is 0.